The van der Waals surface area contributed by atoms with Gasteiger partial charge in [-0.2, -0.15) is 0 Å². The standard InChI is InChI=1S/C15H18N2O3/c18-15(19)14-9-11-3-4-12(10-13(11)16-14)20-8-7-17-5-1-2-6-17/h3-4,9-10,16H,1-2,5-8H2,(H,18,19). The summed E-state index contributed by atoms with van der Waals surface area (Å²) in [6.45, 7) is 3.95. The predicted molar refractivity (Wildman–Crippen MR) is 76.4 cm³/mol. The Morgan fingerprint density at radius 3 is 2.85 bits per heavy atom. The largest absolute Gasteiger partial charge is 0.492 e. The first kappa shape index (κ1) is 13.0. The number of hydrogen-bond donors (Lipinski definition) is 2. The van der Waals surface area contributed by atoms with Crippen LogP contribution >= 0.6 is 0 Å². The topological polar surface area (TPSA) is 65.6 Å². The van der Waals surface area contributed by atoms with Crippen LogP contribution in [0.2, 0.25) is 0 Å². The number of H-pyrrole nitrogens is 1. The van der Waals surface area contributed by atoms with E-state index >= 15 is 0 Å². The number of benzene rings is 1. The minimum absolute atomic E-state index is 0.203. The molecule has 1 aliphatic rings. The van der Waals surface area contributed by atoms with Gasteiger partial charge in [-0.05, 0) is 44.1 Å². The Bertz CT molecular complexity index is 615. The first-order chi connectivity index (χ1) is 9.72. The van der Waals surface area contributed by atoms with Crippen molar-refractivity contribution in [1.82, 2.24) is 9.88 Å². The van der Waals surface area contributed by atoms with Crippen LogP contribution in [0.1, 0.15) is 23.3 Å². The monoisotopic (exact) mass is 274 g/mol. The van der Waals surface area contributed by atoms with Crippen molar-refractivity contribution in [2.75, 3.05) is 26.2 Å². The number of likely N-dealkylation sites (tertiary alicyclic amines) is 1. The number of fused-ring (bicyclic) bond motifs is 1. The maximum atomic E-state index is 10.9. The highest BCUT2D eigenvalue weighted by Gasteiger charge is 2.11. The Morgan fingerprint density at radius 1 is 1.30 bits per heavy atom. The van der Waals surface area contributed by atoms with Crippen LogP contribution in [-0.4, -0.2) is 47.2 Å². The van der Waals surface area contributed by atoms with Gasteiger partial charge in [-0.15, -0.1) is 0 Å². The van der Waals surface area contributed by atoms with E-state index in [-0.39, 0.29) is 5.69 Å². The molecule has 5 heteroatoms. The number of aromatic nitrogens is 1. The van der Waals surface area contributed by atoms with Crippen LogP contribution in [0.4, 0.5) is 0 Å². The highest BCUT2D eigenvalue weighted by Crippen LogP contribution is 2.21. The lowest BCUT2D eigenvalue weighted by atomic mass is 10.2. The lowest BCUT2D eigenvalue weighted by Crippen LogP contribution is -2.25. The van der Waals surface area contributed by atoms with Crippen LogP contribution in [0.3, 0.4) is 0 Å². The molecule has 2 aromatic rings. The average Bonchev–Trinajstić information content (AvgIpc) is 3.06. The van der Waals surface area contributed by atoms with Gasteiger partial charge in [0.15, 0.2) is 0 Å². The van der Waals surface area contributed by atoms with Gasteiger partial charge in [-0.1, -0.05) is 0 Å². The number of hydrogen-bond acceptors (Lipinski definition) is 3. The smallest absolute Gasteiger partial charge is 0.352 e. The average molecular weight is 274 g/mol. The molecule has 0 unspecified atom stereocenters. The van der Waals surface area contributed by atoms with Crippen molar-refractivity contribution in [3.05, 3.63) is 30.0 Å². The number of carbonyl (C=O) groups is 1. The molecule has 1 aromatic carbocycles. The van der Waals surface area contributed by atoms with Crippen LogP contribution in [0.5, 0.6) is 5.75 Å². The predicted octanol–water partition coefficient (Wildman–Crippen LogP) is 2.34. The summed E-state index contributed by atoms with van der Waals surface area (Å²) >= 11 is 0. The van der Waals surface area contributed by atoms with E-state index in [1.165, 1.54) is 25.9 Å². The molecule has 0 saturated carbocycles. The molecule has 1 aliphatic heterocycles. The van der Waals surface area contributed by atoms with Gasteiger partial charge in [0.1, 0.15) is 18.1 Å². The molecular formula is C15H18N2O3. The second-order valence-corrected chi connectivity index (χ2v) is 5.13. The van der Waals surface area contributed by atoms with Crippen molar-refractivity contribution < 1.29 is 14.6 Å². The van der Waals surface area contributed by atoms with E-state index in [2.05, 4.69) is 9.88 Å². The molecule has 0 bridgehead atoms. The number of rotatable bonds is 5. The van der Waals surface area contributed by atoms with Crippen molar-refractivity contribution in [3.63, 3.8) is 0 Å². The quantitative estimate of drug-likeness (QED) is 0.878. The molecule has 2 N–H and O–H groups in total. The molecule has 5 nitrogen and oxygen atoms in total. The number of aromatic carboxylic acids is 1. The fourth-order valence-electron chi connectivity index (χ4n) is 2.61. The summed E-state index contributed by atoms with van der Waals surface area (Å²) in [5.74, 6) is -0.173. The normalized spacial score (nSPS) is 15.8. The molecule has 0 aliphatic carbocycles. The van der Waals surface area contributed by atoms with Crippen LogP contribution in [0, 0.1) is 0 Å². The minimum atomic E-state index is -0.947. The van der Waals surface area contributed by atoms with Gasteiger partial charge in [0.2, 0.25) is 0 Å². The zero-order chi connectivity index (χ0) is 13.9. The fraction of sp³-hybridized carbons (Fsp3) is 0.400. The van der Waals surface area contributed by atoms with Gasteiger partial charge in [-0.25, -0.2) is 4.79 Å². The van der Waals surface area contributed by atoms with Gasteiger partial charge in [-0.3, -0.25) is 4.90 Å². The summed E-state index contributed by atoms with van der Waals surface area (Å²) in [6.07, 6.45) is 2.57. The van der Waals surface area contributed by atoms with Gasteiger partial charge < -0.3 is 14.8 Å². The fourth-order valence-corrected chi connectivity index (χ4v) is 2.61. The second kappa shape index (κ2) is 5.54. The Morgan fingerprint density at radius 2 is 2.10 bits per heavy atom. The Balaban J connectivity index is 1.64. The summed E-state index contributed by atoms with van der Waals surface area (Å²) in [7, 11) is 0. The number of aromatic amines is 1. The summed E-state index contributed by atoms with van der Waals surface area (Å²) in [5.41, 5.74) is 0.996. The van der Waals surface area contributed by atoms with E-state index in [1.54, 1.807) is 6.07 Å². The molecule has 0 radical (unpaired) electrons. The second-order valence-electron chi connectivity index (χ2n) is 5.13. The van der Waals surface area contributed by atoms with Gasteiger partial charge in [0.25, 0.3) is 0 Å². The van der Waals surface area contributed by atoms with Gasteiger partial charge in [0.05, 0.1) is 0 Å². The lowest BCUT2D eigenvalue weighted by Gasteiger charge is -2.14. The van der Waals surface area contributed by atoms with Crippen molar-refractivity contribution in [3.8, 4) is 5.75 Å². The van der Waals surface area contributed by atoms with Crippen molar-refractivity contribution in [2.45, 2.75) is 12.8 Å². The number of carboxylic acid groups (broad SMARTS) is 1. The molecule has 20 heavy (non-hydrogen) atoms. The Labute approximate surface area is 117 Å². The maximum absolute atomic E-state index is 10.9. The number of carboxylic acids is 1. The molecule has 0 amide bonds. The van der Waals surface area contributed by atoms with Crippen LogP contribution < -0.4 is 4.74 Å². The van der Waals surface area contributed by atoms with E-state index < -0.39 is 5.97 Å². The summed E-state index contributed by atoms with van der Waals surface area (Å²) in [5, 5.41) is 9.83. The van der Waals surface area contributed by atoms with Crippen molar-refractivity contribution >= 4 is 16.9 Å². The molecule has 3 rings (SSSR count). The first-order valence-corrected chi connectivity index (χ1v) is 6.93. The highest BCUT2D eigenvalue weighted by atomic mass is 16.5. The molecule has 106 valence electrons. The van der Waals surface area contributed by atoms with Crippen LogP contribution in [-0.2, 0) is 0 Å². The van der Waals surface area contributed by atoms with Crippen LogP contribution in [0.25, 0.3) is 10.9 Å². The molecule has 1 fully saturated rings. The van der Waals surface area contributed by atoms with E-state index in [1.807, 2.05) is 18.2 Å². The molecule has 1 saturated heterocycles. The number of nitrogens with one attached hydrogen (secondary N) is 1. The highest BCUT2D eigenvalue weighted by molar-refractivity contribution is 5.94. The molecule has 1 aromatic heterocycles. The Hall–Kier alpha value is -2.01. The van der Waals surface area contributed by atoms with Crippen molar-refractivity contribution in [2.24, 2.45) is 0 Å². The van der Waals surface area contributed by atoms with Crippen LogP contribution in [0.15, 0.2) is 24.3 Å². The van der Waals surface area contributed by atoms with Crippen molar-refractivity contribution in [1.29, 1.82) is 0 Å². The molecule has 2 heterocycles. The zero-order valence-corrected chi connectivity index (χ0v) is 11.3. The molecular weight excluding hydrogens is 256 g/mol. The zero-order valence-electron chi connectivity index (χ0n) is 11.3. The summed E-state index contributed by atoms with van der Waals surface area (Å²) in [6, 6.07) is 7.24. The summed E-state index contributed by atoms with van der Waals surface area (Å²) < 4.78 is 5.74. The first-order valence-electron chi connectivity index (χ1n) is 6.93. The van der Waals surface area contributed by atoms with E-state index in [4.69, 9.17) is 9.84 Å². The Kier molecular flexibility index (Phi) is 3.60. The SMILES string of the molecule is O=C(O)c1cc2ccc(OCCN3CCCC3)cc2[nH]1. The third kappa shape index (κ3) is 2.77. The van der Waals surface area contributed by atoms with Gasteiger partial charge >= 0.3 is 5.97 Å². The number of nitrogens with zero attached hydrogens (tertiary/aromatic N) is 1. The maximum Gasteiger partial charge on any atom is 0.352 e. The molecule has 0 spiro atoms. The number of ether oxygens (including phenoxy) is 1. The van der Waals surface area contributed by atoms with E-state index in [9.17, 15) is 4.79 Å². The lowest BCUT2D eigenvalue weighted by molar-refractivity contribution is 0.0691. The van der Waals surface area contributed by atoms with E-state index in [0.29, 0.717) is 6.61 Å². The molecule has 0 atom stereocenters. The third-order valence-electron chi connectivity index (χ3n) is 3.70. The third-order valence-corrected chi connectivity index (χ3v) is 3.70. The minimum Gasteiger partial charge on any atom is -0.492 e. The summed E-state index contributed by atoms with van der Waals surface area (Å²) in [4.78, 5) is 16.2. The van der Waals surface area contributed by atoms with E-state index in [0.717, 1.165) is 23.2 Å². The van der Waals surface area contributed by atoms with Gasteiger partial charge in [0, 0.05) is 23.5 Å².